The summed E-state index contributed by atoms with van der Waals surface area (Å²) in [5.41, 5.74) is 4.81. The van der Waals surface area contributed by atoms with E-state index in [-0.39, 0.29) is 0 Å². The van der Waals surface area contributed by atoms with Gasteiger partial charge in [-0.25, -0.2) is 0 Å². The highest BCUT2D eigenvalue weighted by Gasteiger charge is 2.21. The Morgan fingerprint density at radius 1 is 1.31 bits per heavy atom. The second-order valence-electron chi connectivity index (χ2n) is 3.90. The smallest absolute Gasteiger partial charge is 0.146 e. The fourth-order valence-corrected chi connectivity index (χ4v) is 4.13. The molecular weight excluding hydrogens is 236 g/mol. The molecule has 1 aromatic carbocycles. The summed E-state index contributed by atoms with van der Waals surface area (Å²) in [5, 5.41) is 8.57. The Balaban J connectivity index is 1.87. The molecule has 82 valence electrons. The average molecular weight is 248 g/mol. The molecule has 0 bridgehead atoms. The normalized spacial score (nSPS) is 19.4. The zero-order valence-corrected chi connectivity index (χ0v) is 10.4. The molecule has 3 rings (SSSR count). The van der Waals surface area contributed by atoms with Crippen LogP contribution in [0.2, 0.25) is 0 Å². The highest BCUT2D eigenvalue weighted by molar-refractivity contribution is 8.01. The predicted octanol–water partition coefficient (Wildman–Crippen LogP) is 3.71. The number of hydrogen-bond acceptors (Lipinski definition) is 4. The molecule has 0 saturated heterocycles. The van der Waals surface area contributed by atoms with Gasteiger partial charge < -0.3 is 0 Å². The topological polar surface area (TPSA) is 25.8 Å². The molecule has 0 amide bonds. The summed E-state index contributed by atoms with van der Waals surface area (Å²) in [7, 11) is 0. The van der Waals surface area contributed by atoms with Gasteiger partial charge >= 0.3 is 0 Å². The molecule has 0 saturated carbocycles. The average Bonchev–Trinajstić information content (AvgIpc) is 2.82. The number of aromatic nitrogens is 2. The first-order valence-corrected chi connectivity index (χ1v) is 7.20. The maximum atomic E-state index is 4.11. The van der Waals surface area contributed by atoms with E-state index < -0.39 is 0 Å². The standard InChI is InChI=1S/C12H12N2S2/c1-2-6-10-9(4-1)5-3-7-11(10)16-12-14-13-8-15-12/h1-2,4,6,8,11H,3,5,7H2. The molecule has 0 spiro atoms. The minimum atomic E-state index is 0.567. The van der Waals surface area contributed by atoms with Crippen LogP contribution in [0.3, 0.4) is 0 Å². The molecule has 4 heteroatoms. The van der Waals surface area contributed by atoms with E-state index in [9.17, 15) is 0 Å². The van der Waals surface area contributed by atoms with E-state index in [1.807, 2.05) is 11.8 Å². The fourth-order valence-electron chi connectivity index (χ4n) is 2.17. The maximum absolute atomic E-state index is 4.11. The fraction of sp³-hybridized carbons (Fsp3) is 0.333. The Bertz CT molecular complexity index is 468. The summed E-state index contributed by atoms with van der Waals surface area (Å²) < 4.78 is 1.08. The Labute approximate surface area is 103 Å². The Kier molecular flexibility index (Phi) is 2.93. The molecule has 1 aromatic heterocycles. The van der Waals surface area contributed by atoms with E-state index in [4.69, 9.17) is 0 Å². The van der Waals surface area contributed by atoms with Gasteiger partial charge in [-0.2, -0.15) is 0 Å². The lowest BCUT2D eigenvalue weighted by Gasteiger charge is -2.23. The SMILES string of the molecule is c1ccc2c(c1)CCCC2Sc1nncs1. The van der Waals surface area contributed by atoms with Crippen LogP contribution in [-0.4, -0.2) is 10.2 Å². The van der Waals surface area contributed by atoms with Crippen molar-refractivity contribution in [3.05, 3.63) is 40.9 Å². The molecule has 1 heterocycles. The van der Waals surface area contributed by atoms with Crippen LogP contribution in [0, 0.1) is 0 Å². The summed E-state index contributed by atoms with van der Waals surface area (Å²) in [6, 6.07) is 8.78. The molecule has 1 aliphatic rings. The van der Waals surface area contributed by atoms with Crippen molar-refractivity contribution in [3.8, 4) is 0 Å². The van der Waals surface area contributed by atoms with Crippen molar-refractivity contribution in [2.24, 2.45) is 0 Å². The van der Waals surface area contributed by atoms with Crippen molar-refractivity contribution in [3.63, 3.8) is 0 Å². The summed E-state index contributed by atoms with van der Waals surface area (Å²) in [6.45, 7) is 0. The van der Waals surface area contributed by atoms with Gasteiger partial charge in [0, 0.05) is 5.25 Å². The summed E-state index contributed by atoms with van der Waals surface area (Å²) in [6.07, 6.45) is 3.76. The van der Waals surface area contributed by atoms with Crippen LogP contribution in [0.15, 0.2) is 34.1 Å². The molecule has 2 aromatic rings. The van der Waals surface area contributed by atoms with Crippen molar-refractivity contribution in [2.45, 2.75) is 28.9 Å². The van der Waals surface area contributed by atoms with Gasteiger partial charge in [-0.15, -0.1) is 10.2 Å². The minimum Gasteiger partial charge on any atom is -0.146 e. The van der Waals surface area contributed by atoms with Gasteiger partial charge in [-0.1, -0.05) is 47.4 Å². The lowest BCUT2D eigenvalue weighted by atomic mass is 9.91. The van der Waals surface area contributed by atoms with Gasteiger partial charge in [-0.05, 0) is 30.4 Å². The van der Waals surface area contributed by atoms with E-state index in [0.29, 0.717) is 5.25 Å². The molecule has 1 unspecified atom stereocenters. The van der Waals surface area contributed by atoms with E-state index >= 15 is 0 Å². The molecule has 0 radical (unpaired) electrons. The number of hydrogen-bond donors (Lipinski definition) is 0. The van der Waals surface area contributed by atoms with Gasteiger partial charge in [0.2, 0.25) is 0 Å². The van der Waals surface area contributed by atoms with Gasteiger partial charge in [-0.3, -0.25) is 0 Å². The first-order chi connectivity index (χ1) is 7.93. The number of fused-ring (bicyclic) bond motifs is 1. The molecule has 0 fully saturated rings. The number of benzene rings is 1. The molecule has 0 N–H and O–H groups in total. The highest BCUT2D eigenvalue weighted by Crippen LogP contribution is 2.43. The second-order valence-corrected chi connectivity index (χ2v) is 6.19. The quantitative estimate of drug-likeness (QED) is 0.810. The van der Waals surface area contributed by atoms with Crippen molar-refractivity contribution in [1.29, 1.82) is 0 Å². The lowest BCUT2D eigenvalue weighted by Crippen LogP contribution is -2.06. The monoisotopic (exact) mass is 248 g/mol. The summed E-state index contributed by atoms with van der Waals surface area (Å²) in [5.74, 6) is 0. The Morgan fingerprint density at radius 2 is 2.25 bits per heavy atom. The number of aryl methyl sites for hydroxylation is 1. The summed E-state index contributed by atoms with van der Waals surface area (Å²) >= 11 is 3.49. The second kappa shape index (κ2) is 4.55. The van der Waals surface area contributed by atoms with E-state index in [0.717, 1.165) is 4.34 Å². The number of nitrogens with zero attached hydrogens (tertiary/aromatic N) is 2. The van der Waals surface area contributed by atoms with Crippen LogP contribution in [0.4, 0.5) is 0 Å². The zero-order valence-electron chi connectivity index (χ0n) is 8.80. The van der Waals surface area contributed by atoms with Crippen LogP contribution >= 0.6 is 23.1 Å². The Hall–Kier alpha value is -0.870. The Morgan fingerprint density at radius 3 is 3.12 bits per heavy atom. The third-order valence-corrected chi connectivity index (χ3v) is 5.02. The third-order valence-electron chi connectivity index (χ3n) is 2.90. The van der Waals surface area contributed by atoms with Crippen LogP contribution in [-0.2, 0) is 6.42 Å². The largest absolute Gasteiger partial charge is 0.174 e. The van der Waals surface area contributed by atoms with Crippen LogP contribution < -0.4 is 0 Å². The number of rotatable bonds is 2. The van der Waals surface area contributed by atoms with Gasteiger partial charge in [0.25, 0.3) is 0 Å². The molecule has 0 aliphatic heterocycles. The van der Waals surface area contributed by atoms with Crippen molar-refractivity contribution in [2.75, 3.05) is 0 Å². The van der Waals surface area contributed by atoms with Gasteiger partial charge in [0.15, 0.2) is 4.34 Å². The molecule has 1 atom stereocenters. The first-order valence-electron chi connectivity index (χ1n) is 5.44. The number of thioether (sulfide) groups is 1. The van der Waals surface area contributed by atoms with E-state index in [2.05, 4.69) is 34.5 Å². The van der Waals surface area contributed by atoms with Crippen LogP contribution in [0.25, 0.3) is 0 Å². The van der Waals surface area contributed by atoms with Crippen LogP contribution in [0.1, 0.15) is 29.2 Å². The van der Waals surface area contributed by atoms with Crippen molar-refractivity contribution in [1.82, 2.24) is 10.2 Å². The summed E-state index contributed by atoms with van der Waals surface area (Å²) in [4.78, 5) is 0. The van der Waals surface area contributed by atoms with E-state index in [1.165, 1.54) is 30.4 Å². The zero-order chi connectivity index (χ0) is 10.8. The maximum Gasteiger partial charge on any atom is 0.174 e. The molecule has 1 aliphatic carbocycles. The highest BCUT2D eigenvalue weighted by atomic mass is 32.2. The van der Waals surface area contributed by atoms with Crippen LogP contribution in [0.5, 0.6) is 0 Å². The molecule has 16 heavy (non-hydrogen) atoms. The predicted molar refractivity (Wildman–Crippen MR) is 67.9 cm³/mol. The molecule has 2 nitrogen and oxygen atoms in total. The van der Waals surface area contributed by atoms with Crippen molar-refractivity contribution >= 4 is 23.1 Å². The van der Waals surface area contributed by atoms with Gasteiger partial charge in [0.1, 0.15) is 5.51 Å². The van der Waals surface area contributed by atoms with Gasteiger partial charge in [0.05, 0.1) is 0 Å². The third kappa shape index (κ3) is 1.99. The van der Waals surface area contributed by atoms with Crippen molar-refractivity contribution < 1.29 is 0 Å². The first kappa shape index (κ1) is 10.3. The minimum absolute atomic E-state index is 0.567. The van der Waals surface area contributed by atoms with E-state index in [1.54, 1.807) is 16.8 Å². The molecular formula is C12H12N2S2. The lowest BCUT2D eigenvalue weighted by molar-refractivity contribution is 0.673.